The Hall–Kier alpha value is -3.26. The van der Waals surface area contributed by atoms with E-state index in [9.17, 15) is 19.5 Å². The van der Waals surface area contributed by atoms with Crippen molar-refractivity contribution in [3.8, 4) is 0 Å². The number of amides is 1. The smallest absolute Gasteiger partial charge is 0.337 e. The standard InChI is InChI=1S/C22H19BrN2O5/c1-13-19(20(26)25(24-13)18-9-7-17(23)8-10-18)12-16(21(27)28)11-14-3-5-15(6-4-14)22(29)30-2/h3-11,19H,12H2,1-2H3,(H,27,28)/b16-11-. The second kappa shape index (κ2) is 9.04. The molecule has 0 aromatic heterocycles. The van der Waals surface area contributed by atoms with E-state index in [0.717, 1.165) is 4.47 Å². The number of anilines is 1. The van der Waals surface area contributed by atoms with Crippen molar-refractivity contribution >= 4 is 51.3 Å². The molecule has 154 valence electrons. The van der Waals surface area contributed by atoms with Gasteiger partial charge in [0.2, 0.25) is 0 Å². The van der Waals surface area contributed by atoms with Gasteiger partial charge in [0.15, 0.2) is 0 Å². The van der Waals surface area contributed by atoms with Crippen LogP contribution in [0.15, 0.2) is 63.7 Å². The fraction of sp³-hybridized carbons (Fsp3) is 0.182. The minimum absolute atomic E-state index is 0.00921. The highest BCUT2D eigenvalue weighted by Gasteiger charge is 2.35. The first kappa shape index (κ1) is 21.4. The Labute approximate surface area is 181 Å². The predicted octanol–water partition coefficient (Wildman–Crippen LogP) is 4.13. The fourth-order valence-corrected chi connectivity index (χ4v) is 3.33. The van der Waals surface area contributed by atoms with E-state index in [1.807, 2.05) is 0 Å². The molecule has 0 radical (unpaired) electrons. The first-order valence-electron chi connectivity index (χ1n) is 9.07. The van der Waals surface area contributed by atoms with Gasteiger partial charge in [-0.05, 0) is 61.4 Å². The van der Waals surface area contributed by atoms with Crippen molar-refractivity contribution in [1.29, 1.82) is 0 Å². The Kier molecular flexibility index (Phi) is 6.47. The lowest BCUT2D eigenvalue weighted by atomic mass is 9.93. The molecule has 1 aliphatic heterocycles. The summed E-state index contributed by atoms with van der Waals surface area (Å²) in [5, 5.41) is 15.3. The summed E-state index contributed by atoms with van der Waals surface area (Å²) in [6, 6.07) is 13.5. The van der Waals surface area contributed by atoms with Crippen LogP contribution in [0.4, 0.5) is 5.69 Å². The quantitative estimate of drug-likeness (QED) is 0.505. The molecule has 8 heteroatoms. The van der Waals surface area contributed by atoms with Crippen LogP contribution in [0.1, 0.15) is 29.3 Å². The average molecular weight is 471 g/mol. The fourth-order valence-electron chi connectivity index (χ4n) is 3.07. The van der Waals surface area contributed by atoms with Gasteiger partial charge in [0, 0.05) is 15.8 Å². The van der Waals surface area contributed by atoms with Crippen LogP contribution in [0, 0.1) is 5.92 Å². The highest BCUT2D eigenvalue weighted by atomic mass is 79.9. The lowest BCUT2D eigenvalue weighted by Gasteiger charge is -2.15. The summed E-state index contributed by atoms with van der Waals surface area (Å²) in [7, 11) is 1.29. The van der Waals surface area contributed by atoms with Crippen molar-refractivity contribution in [1.82, 2.24) is 0 Å². The summed E-state index contributed by atoms with van der Waals surface area (Å²) in [5.41, 5.74) is 2.21. The number of aliphatic carboxylic acids is 1. The van der Waals surface area contributed by atoms with Crippen LogP contribution in [-0.4, -0.2) is 35.8 Å². The molecule has 1 amide bonds. The second-order valence-corrected chi connectivity index (χ2v) is 7.63. The molecule has 0 aliphatic carbocycles. The van der Waals surface area contributed by atoms with Gasteiger partial charge in [0.1, 0.15) is 0 Å². The van der Waals surface area contributed by atoms with E-state index >= 15 is 0 Å². The van der Waals surface area contributed by atoms with E-state index in [2.05, 4.69) is 25.8 Å². The van der Waals surface area contributed by atoms with Gasteiger partial charge in [-0.25, -0.2) is 14.6 Å². The van der Waals surface area contributed by atoms with Crippen molar-refractivity contribution in [2.24, 2.45) is 11.0 Å². The maximum Gasteiger partial charge on any atom is 0.337 e. The Morgan fingerprint density at radius 3 is 2.37 bits per heavy atom. The van der Waals surface area contributed by atoms with E-state index in [1.54, 1.807) is 55.5 Å². The number of carbonyl (C=O) groups is 3. The zero-order valence-electron chi connectivity index (χ0n) is 16.3. The molecule has 2 aromatic rings. The Morgan fingerprint density at radius 2 is 1.80 bits per heavy atom. The summed E-state index contributed by atoms with van der Waals surface area (Å²) in [5.74, 6) is -2.52. The lowest BCUT2D eigenvalue weighted by Crippen LogP contribution is -2.28. The molecule has 0 saturated carbocycles. The van der Waals surface area contributed by atoms with Crippen molar-refractivity contribution < 1.29 is 24.2 Å². The number of carboxylic acids is 1. The first-order chi connectivity index (χ1) is 14.3. The third kappa shape index (κ3) is 4.65. The third-order valence-corrected chi connectivity index (χ3v) is 5.24. The van der Waals surface area contributed by atoms with Crippen LogP contribution in [-0.2, 0) is 14.3 Å². The van der Waals surface area contributed by atoms with E-state index in [-0.39, 0.29) is 17.9 Å². The van der Waals surface area contributed by atoms with Crippen molar-refractivity contribution in [3.05, 3.63) is 69.7 Å². The number of esters is 1. The predicted molar refractivity (Wildman–Crippen MR) is 116 cm³/mol. The molecule has 7 nitrogen and oxygen atoms in total. The third-order valence-electron chi connectivity index (χ3n) is 4.71. The molecular formula is C22H19BrN2O5. The van der Waals surface area contributed by atoms with Gasteiger partial charge in [-0.2, -0.15) is 5.10 Å². The van der Waals surface area contributed by atoms with E-state index in [1.165, 1.54) is 18.2 Å². The number of carbonyl (C=O) groups excluding carboxylic acids is 2. The maximum absolute atomic E-state index is 12.9. The average Bonchev–Trinajstić information content (AvgIpc) is 3.01. The number of hydrogen-bond acceptors (Lipinski definition) is 5. The summed E-state index contributed by atoms with van der Waals surface area (Å²) in [6.45, 7) is 1.71. The molecule has 2 aromatic carbocycles. The van der Waals surface area contributed by atoms with E-state index in [4.69, 9.17) is 0 Å². The molecule has 1 atom stereocenters. The molecule has 1 N–H and O–H groups in total. The molecule has 1 heterocycles. The molecule has 0 bridgehead atoms. The summed E-state index contributed by atoms with van der Waals surface area (Å²) in [4.78, 5) is 36.2. The second-order valence-electron chi connectivity index (χ2n) is 6.71. The SMILES string of the molecule is COC(=O)c1ccc(/C=C(/CC2C(=O)N(c3ccc(Br)cc3)N=C2C)C(=O)O)cc1. The topological polar surface area (TPSA) is 96.3 Å². The number of ether oxygens (including phenoxy) is 1. The van der Waals surface area contributed by atoms with Gasteiger partial charge in [-0.1, -0.05) is 28.1 Å². The maximum atomic E-state index is 12.9. The number of benzene rings is 2. The van der Waals surface area contributed by atoms with Gasteiger partial charge in [-0.3, -0.25) is 4.79 Å². The molecule has 30 heavy (non-hydrogen) atoms. The summed E-state index contributed by atoms with van der Waals surface area (Å²) >= 11 is 3.35. The molecule has 0 saturated heterocycles. The number of rotatable bonds is 6. The monoisotopic (exact) mass is 470 g/mol. The number of carboxylic acid groups (broad SMARTS) is 1. The molecule has 0 spiro atoms. The van der Waals surface area contributed by atoms with Crippen molar-refractivity contribution in [2.75, 3.05) is 12.1 Å². The number of hydrogen-bond donors (Lipinski definition) is 1. The van der Waals surface area contributed by atoms with Crippen LogP contribution in [0.3, 0.4) is 0 Å². The molecule has 3 rings (SSSR count). The van der Waals surface area contributed by atoms with Gasteiger partial charge in [0.25, 0.3) is 5.91 Å². The van der Waals surface area contributed by atoms with E-state index < -0.39 is 17.9 Å². The summed E-state index contributed by atoms with van der Waals surface area (Å²) in [6.07, 6.45) is 1.50. The van der Waals surface area contributed by atoms with Crippen molar-refractivity contribution in [2.45, 2.75) is 13.3 Å². The molecular weight excluding hydrogens is 452 g/mol. The largest absolute Gasteiger partial charge is 0.478 e. The van der Waals surface area contributed by atoms with Crippen LogP contribution in [0.25, 0.3) is 6.08 Å². The molecule has 1 aliphatic rings. The normalized spacial score (nSPS) is 16.4. The van der Waals surface area contributed by atoms with Gasteiger partial charge in [0.05, 0.1) is 24.3 Å². The van der Waals surface area contributed by atoms with Crippen LogP contribution >= 0.6 is 15.9 Å². The zero-order valence-corrected chi connectivity index (χ0v) is 17.9. The number of hydrazone groups is 1. The number of methoxy groups -OCH3 is 1. The van der Waals surface area contributed by atoms with Gasteiger partial charge < -0.3 is 9.84 Å². The zero-order chi connectivity index (χ0) is 21.8. The molecule has 0 fully saturated rings. The van der Waals surface area contributed by atoms with Crippen LogP contribution in [0.2, 0.25) is 0 Å². The minimum Gasteiger partial charge on any atom is -0.478 e. The van der Waals surface area contributed by atoms with E-state index in [0.29, 0.717) is 22.5 Å². The van der Waals surface area contributed by atoms with Crippen molar-refractivity contribution in [3.63, 3.8) is 0 Å². The van der Waals surface area contributed by atoms with Crippen LogP contribution < -0.4 is 5.01 Å². The molecule has 1 unspecified atom stereocenters. The Morgan fingerprint density at radius 1 is 1.17 bits per heavy atom. The highest BCUT2D eigenvalue weighted by molar-refractivity contribution is 9.10. The first-order valence-corrected chi connectivity index (χ1v) is 9.86. The van der Waals surface area contributed by atoms with Gasteiger partial charge in [-0.15, -0.1) is 0 Å². The Balaban J connectivity index is 1.81. The number of halogens is 1. The lowest BCUT2D eigenvalue weighted by molar-refractivity contribution is -0.132. The number of nitrogens with zero attached hydrogens (tertiary/aromatic N) is 2. The van der Waals surface area contributed by atoms with Gasteiger partial charge >= 0.3 is 11.9 Å². The highest BCUT2D eigenvalue weighted by Crippen LogP contribution is 2.29. The Bertz CT molecular complexity index is 1040. The van der Waals surface area contributed by atoms with Crippen LogP contribution in [0.5, 0.6) is 0 Å². The minimum atomic E-state index is -1.12. The summed E-state index contributed by atoms with van der Waals surface area (Å²) < 4.78 is 5.53.